The number of thiazole rings is 1. The molecule has 5 heteroatoms. The van der Waals surface area contributed by atoms with E-state index in [1.165, 1.54) is 4.88 Å². The highest BCUT2D eigenvalue weighted by atomic mass is 32.1. The van der Waals surface area contributed by atoms with Crippen LogP contribution in [-0.4, -0.2) is 38.3 Å². The summed E-state index contributed by atoms with van der Waals surface area (Å²) in [6.45, 7) is 7.01. The van der Waals surface area contributed by atoms with Gasteiger partial charge in [-0.2, -0.15) is 0 Å². The van der Waals surface area contributed by atoms with Gasteiger partial charge >= 0.3 is 0 Å². The molecule has 0 saturated heterocycles. The maximum absolute atomic E-state index is 5.16. The van der Waals surface area contributed by atoms with Gasteiger partial charge < -0.3 is 15.0 Å². The molecule has 1 N–H and O–H groups in total. The summed E-state index contributed by atoms with van der Waals surface area (Å²) < 4.78 is 5.16. The summed E-state index contributed by atoms with van der Waals surface area (Å²) in [6.07, 6.45) is 3.12. The highest BCUT2D eigenvalue weighted by Crippen LogP contribution is 2.22. The first kappa shape index (κ1) is 14.4. The predicted molar refractivity (Wildman–Crippen MR) is 73.9 cm³/mol. The summed E-state index contributed by atoms with van der Waals surface area (Å²) in [4.78, 5) is 7.89. The standard InChI is InChI=1S/C12H23N3OS/c1-5-6-13-7-11-8-14-12(17-11)15(3)10(2)9-16-4/h8,10,13H,5-7,9H2,1-4H3. The van der Waals surface area contributed by atoms with Gasteiger partial charge in [-0.3, -0.25) is 0 Å². The summed E-state index contributed by atoms with van der Waals surface area (Å²) in [5.74, 6) is 0. The van der Waals surface area contributed by atoms with Crippen molar-refractivity contribution >= 4 is 16.5 Å². The van der Waals surface area contributed by atoms with Crippen molar-refractivity contribution in [3.8, 4) is 0 Å². The number of nitrogens with zero attached hydrogens (tertiary/aromatic N) is 2. The second-order valence-electron chi connectivity index (χ2n) is 4.20. The van der Waals surface area contributed by atoms with Crippen molar-refractivity contribution in [1.29, 1.82) is 0 Å². The number of rotatable bonds is 8. The van der Waals surface area contributed by atoms with Crippen molar-refractivity contribution in [3.05, 3.63) is 11.1 Å². The van der Waals surface area contributed by atoms with Gasteiger partial charge in [-0.15, -0.1) is 11.3 Å². The molecule has 0 spiro atoms. The average Bonchev–Trinajstić information content (AvgIpc) is 2.77. The Morgan fingerprint density at radius 2 is 2.35 bits per heavy atom. The van der Waals surface area contributed by atoms with Crippen LogP contribution in [0.3, 0.4) is 0 Å². The molecule has 0 aliphatic carbocycles. The first-order valence-electron chi connectivity index (χ1n) is 6.06. The van der Waals surface area contributed by atoms with E-state index in [0.717, 1.165) is 31.2 Å². The lowest BCUT2D eigenvalue weighted by atomic mass is 10.3. The van der Waals surface area contributed by atoms with Crippen molar-refractivity contribution < 1.29 is 4.74 Å². The molecule has 0 aliphatic heterocycles. The number of hydrogen-bond acceptors (Lipinski definition) is 5. The number of likely N-dealkylation sites (N-methyl/N-ethyl adjacent to an activating group) is 1. The van der Waals surface area contributed by atoms with E-state index in [1.807, 2.05) is 6.20 Å². The predicted octanol–water partition coefficient (Wildman–Crippen LogP) is 2.11. The Bertz CT molecular complexity index is 316. The molecule has 1 rings (SSSR count). The first-order valence-corrected chi connectivity index (χ1v) is 6.87. The maximum Gasteiger partial charge on any atom is 0.185 e. The largest absolute Gasteiger partial charge is 0.383 e. The lowest BCUT2D eigenvalue weighted by Gasteiger charge is -2.23. The molecule has 0 aromatic carbocycles. The van der Waals surface area contributed by atoms with E-state index in [9.17, 15) is 0 Å². The fourth-order valence-corrected chi connectivity index (χ4v) is 2.42. The number of hydrogen-bond donors (Lipinski definition) is 1. The van der Waals surface area contributed by atoms with Gasteiger partial charge in [-0.05, 0) is 19.9 Å². The zero-order chi connectivity index (χ0) is 12.7. The molecule has 1 aromatic heterocycles. The van der Waals surface area contributed by atoms with Crippen LogP contribution in [-0.2, 0) is 11.3 Å². The average molecular weight is 257 g/mol. The maximum atomic E-state index is 5.16. The molecule has 0 amide bonds. The van der Waals surface area contributed by atoms with Gasteiger partial charge in [-0.25, -0.2) is 4.98 Å². The van der Waals surface area contributed by atoms with E-state index < -0.39 is 0 Å². The lowest BCUT2D eigenvalue weighted by Crippen LogP contribution is -2.32. The second-order valence-corrected chi connectivity index (χ2v) is 5.29. The van der Waals surface area contributed by atoms with Gasteiger partial charge in [0.2, 0.25) is 0 Å². The van der Waals surface area contributed by atoms with Crippen LogP contribution in [0.5, 0.6) is 0 Å². The Balaban J connectivity index is 2.48. The first-order chi connectivity index (χ1) is 8.19. The summed E-state index contributed by atoms with van der Waals surface area (Å²) in [6, 6.07) is 0.350. The van der Waals surface area contributed by atoms with Gasteiger partial charge in [0.05, 0.1) is 12.6 Å². The molecule has 0 fully saturated rings. The molecular formula is C12H23N3OS. The highest BCUT2D eigenvalue weighted by Gasteiger charge is 2.13. The zero-order valence-electron chi connectivity index (χ0n) is 11.2. The van der Waals surface area contributed by atoms with Crippen LogP contribution in [0.25, 0.3) is 0 Å². The molecule has 0 bridgehead atoms. The molecular weight excluding hydrogens is 234 g/mol. The van der Waals surface area contributed by atoms with Crippen LogP contribution in [0.1, 0.15) is 25.1 Å². The minimum absolute atomic E-state index is 0.350. The number of aromatic nitrogens is 1. The second kappa shape index (κ2) is 7.63. The van der Waals surface area contributed by atoms with E-state index >= 15 is 0 Å². The molecule has 0 radical (unpaired) electrons. The summed E-state index contributed by atoms with van der Waals surface area (Å²) in [7, 11) is 3.79. The minimum atomic E-state index is 0.350. The van der Waals surface area contributed by atoms with Gasteiger partial charge in [0.1, 0.15) is 0 Å². The molecule has 17 heavy (non-hydrogen) atoms. The highest BCUT2D eigenvalue weighted by molar-refractivity contribution is 7.15. The van der Waals surface area contributed by atoms with Crippen molar-refractivity contribution in [3.63, 3.8) is 0 Å². The van der Waals surface area contributed by atoms with Crippen molar-refractivity contribution in [2.75, 3.05) is 32.2 Å². The van der Waals surface area contributed by atoms with Crippen LogP contribution >= 0.6 is 11.3 Å². The van der Waals surface area contributed by atoms with Crippen LogP contribution in [0.2, 0.25) is 0 Å². The Hall–Kier alpha value is -0.650. The number of ether oxygens (including phenoxy) is 1. The van der Waals surface area contributed by atoms with Gasteiger partial charge in [-0.1, -0.05) is 6.92 Å². The molecule has 0 aliphatic rings. The summed E-state index contributed by atoms with van der Waals surface area (Å²) >= 11 is 1.74. The van der Waals surface area contributed by atoms with Crippen LogP contribution < -0.4 is 10.2 Å². The monoisotopic (exact) mass is 257 g/mol. The van der Waals surface area contributed by atoms with Crippen molar-refractivity contribution in [1.82, 2.24) is 10.3 Å². The third-order valence-corrected chi connectivity index (χ3v) is 3.73. The van der Waals surface area contributed by atoms with Crippen molar-refractivity contribution in [2.45, 2.75) is 32.9 Å². The molecule has 1 aromatic rings. The van der Waals surface area contributed by atoms with Crippen LogP contribution in [0, 0.1) is 0 Å². The fraction of sp³-hybridized carbons (Fsp3) is 0.750. The topological polar surface area (TPSA) is 37.4 Å². The van der Waals surface area contributed by atoms with Crippen molar-refractivity contribution in [2.24, 2.45) is 0 Å². The van der Waals surface area contributed by atoms with Gasteiger partial charge in [0.25, 0.3) is 0 Å². The molecule has 1 atom stereocenters. The summed E-state index contributed by atoms with van der Waals surface area (Å²) in [5, 5.41) is 4.44. The number of nitrogens with one attached hydrogen (secondary N) is 1. The van der Waals surface area contributed by atoms with Crippen LogP contribution in [0.15, 0.2) is 6.20 Å². The van der Waals surface area contributed by atoms with E-state index in [-0.39, 0.29) is 0 Å². The van der Waals surface area contributed by atoms with Gasteiger partial charge in [0, 0.05) is 31.8 Å². The molecule has 0 saturated carbocycles. The molecule has 98 valence electrons. The van der Waals surface area contributed by atoms with Gasteiger partial charge in [0.15, 0.2) is 5.13 Å². The smallest absolute Gasteiger partial charge is 0.185 e. The third kappa shape index (κ3) is 4.61. The quantitative estimate of drug-likeness (QED) is 0.724. The minimum Gasteiger partial charge on any atom is -0.383 e. The molecule has 1 heterocycles. The zero-order valence-corrected chi connectivity index (χ0v) is 12.0. The van der Waals surface area contributed by atoms with E-state index in [4.69, 9.17) is 4.74 Å². The van der Waals surface area contributed by atoms with E-state index in [0.29, 0.717) is 6.04 Å². The normalized spacial score (nSPS) is 12.7. The SMILES string of the molecule is CCCNCc1cnc(N(C)C(C)COC)s1. The van der Waals surface area contributed by atoms with Crippen LogP contribution in [0.4, 0.5) is 5.13 Å². The Morgan fingerprint density at radius 1 is 1.59 bits per heavy atom. The molecule has 1 unspecified atom stereocenters. The number of methoxy groups -OCH3 is 1. The Labute approximate surface area is 108 Å². The van der Waals surface area contributed by atoms with E-state index in [2.05, 4.69) is 36.1 Å². The Kier molecular flexibility index (Phi) is 6.47. The number of anilines is 1. The lowest BCUT2D eigenvalue weighted by molar-refractivity contribution is 0.183. The third-order valence-electron chi connectivity index (χ3n) is 2.64. The Morgan fingerprint density at radius 3 is 3.00 bits per heavy atom. The summed E-state index contributed by atoms with van der Waals surface area (Å²) in [5.41, 5.74) is 0. The fourth-order valence-electron chi connectivity index (χ4n) is 1.47. The van der Waals surface area contributed by atoms with E-state index in [1.54, 1.807) is 18.4 Å². The molecule has 4 nitrogen and oxygen atoms in total.